The summed E-state index contributed by atoms with van der Waals surface area (Å²) in [6.07, 6.45) is 8.69. The molecule has 1 saturated carbocycles. The molecule has 4 fully saturated rings. The SMILES string of the molecule is C=CCCC(=O)N[C@@H](C)[C@H](OC(=O)[C@@H]1[C@@H]2CC[C@]3(O2)[C@H](C(=O)N(CC=C)C2CCCCC2)N([C@H](C)CO)C(=O)[C@@H]13)c1ccccc1. The predicted octanol–water partition coefficient (Wildman–Crippen LogP) is 3.84. The molecule has 2 N–H and O–H groups in total. The maximum absolute atomic E-state index is 14.6. The van der Waals surface area contributed by atoms with Crippen LogP contribution < -0.4 is 5.32 Å². The smallest absolute Gasteiger partial charge is 0.313 e. The van der Waals surface area contributed by atoms with Gasteiger partial charge in [-0.15, -0.1) is 13.2 Å². The molecule has 250 valence electrons. The van der Waals surface area contributed by atoms with Gasteiger partial charge < -0.3 is 29.7 Å². The fourth-order valence-electron chi connectivity index (χ4n) is 8.25. The summed E-state index contributed by atoms with van der Waals surface area (Å²) < 4.78 is 12.8. The summed E-state index contributed by atoms with van der Waals surface area (Å²) in [4.78, 5) is 59.1. The number of fused-ring (bicyclic) bond motifs is 1. The monoisotopic (exact) mass is 635 g/mol. The fraction of sp³-hybridized carbons (Fsp3) is 0.611. The third kappa shape index (κ3) is 6.26. The van der Waals surface area contributed by atoms with Crippen molar-refractivity contribution in [2.45, 2.75) is 114 Å². The Kier molecular flexibility index (Phi) is 10.7. The highest BCUT2D eigenvalue weighted by Crippen LogP contribution is 2.59. The first-order chi connectivity index (χ1) is 22.2. The second-order valence-electron chi connectivity index (χ2n) is 13.4. The number of carbonyl (C=O) groups excluding carboxylic acids is 4. The molecule has 4 aliphatic rings. The molecule has 3 aliphatic heterocycles. The van der Waals surface area contributed by atoms with Crippen molar-refractivity contribution in [1.82, 2.24) is 15.1 Å². The first-order valence-corrected chi connectivity index (χ1v) is 16.9. The minimum atomic E-state index is -1.20. The van der Waals surface area contributed by atoms with Crippen LogP contribution in [0.5, 0.6) is 0 Å². The summed E-state index contributed by atoms with van der Waals surface area (Å²) >= 11 is 0. The van der Waals surface area contributed by atoms with E-state index in [1.807, 2.05) is 35.2 Å². The van der Waals surface area contributed by atoms with Gasteiger partial charge >= 0.3 is 5.97 Å². The van der Waals surface area contributed by atoms with Crippen molar-refractivity contribution < 1.29 is 33.8 Å². The Hall–Kier alpha value is -3.50. The van der Waals surface area contributed by atoms with Crippen molar-refractivity contribution in [1.29, 1.82) is 0 Å². The molecule has 46 heavy (non-hydrogen) atoms. The molecule has 0 radical (unpaired) electrons. The lowest BCUT2D eigenvalue weighted by atomic mass is 9.70. The van der Waals surface area contributed by atoms with Crippen LogP contribution in [0.15, 0.2) is 55.6 Å². The van der Waals surface area contributed by atoms with Crippen molar-refractivity contribution in [3.63, 3.8) is 0 Å². The third-order valence-electron chi connectivity index (χ3n) is 10.4. The van der Waals surface area contributed by atoms with E-state index in [-0.39, 0.29) is 36.8 Å². The summed E-state index contributed by atoms with van der Waals surface area (Å²) in [5.41, 5.74) is -0.493. The number of amides is 3. The van der Waals surface area contributed by atoms with Crippen LogP contribution in [0.1, 0.15) is 83.3 Å². The highest BCUT2D eigenvalue weighted by Gasteiger charge is 2.75. The van der Waals surface area contributed by atoms with E-state index in [1.54, 1.807) is 26.0 Å². The average Bonchev–Trinajstić information content (AvgIpc) is 3.72. The van der Waals surface area contributed by atoms with Gasteiger partial charge in [-0.05, 0) is 51.5 Å². The summed E-state index contributed by atoms with van der Waals surface area (Å²) in [7, 11) is 0. The summed E-state index contributed by atoms with van der Waals surface area (Å²) in [5, 5.41) is 13.2. The molecular weight excluding hydrogens is 586 g/mol. The number of allylic oxidation sites excluding steroid dienone is 1. The molecule has 0 aromatic heterocycles. The Balaban J connectivity index is 1.45. The lowest BCUT2D eigenvalue weighted by Crippen LogP contribution is -2.60. The van der Waals surface area contributed by atoms with E-state index in [0.717, 1.165) is 32.1 Å². The molecule has 3 saturated heterocycles. The van der Waals surface area contributed by atoms with E-state index in [9.17, 15) is 24.3 Å². The Morgan fingerprint density at radius 3 is 2.50 bits per heavy atom. The minimum Gasteiger partial charge on any atom is -0.455 e. The topological polar surface area (TPSA) is 125 Å². The van der Waals surface area contributed by atoms with Gasteiger partial charge in [0.1, 0.15) is 17.7 Å². The van der Waals surface area contributed by atoms with E-state index in [1.165, 1.54) is 4.90 Å². The molecule has 1 aromatic carbocycles. The fourth-order valence-corrected chi connectivity index (χ4v) is 8.25. The molecule has 8 atom stereocenters. The number of benzene rings is 1. The zero-order valence-electron chi connectivity index (χ0n) is 27.1. The highest BCUT2D eigenvalue weighted by atomic mass is 16.6. The van der Waals surface area contributed by atoms with Crippen LogP contribution in [0.4, 0.5) is 0 Å². The predicted molar refractivity (Wildman–Crippen MR) is 172 cm³/mol. The molecule has 0 unspecified atom stereocenters. The second-order valence-corrected chi connectivity index (χ2v) is 13.4. The third-order valence-corrected chi connectivity index (χ3v) is 10.4. The van der Waals surface area contributed by atoms with Crippen LogP contribution in [-0.2, 0) is 28.7 Å². The summed E-state index contributed by atoms with van der Waals surface area (Å²) in [6.45, 7) is 11.1. The molecule has 10 heteroatoms. The maximum atomic E-state index is 14.6. The number of nitrogens with one attached hydrogen (secondary N) is 1. The van der Waals surface area contributed by atoms with E-state index >= 15 is 0 Å². The van der Waals surface area contributed by atoms with Gasteiger partial charge in [0.2, 0.25) is 17.7 Å². The standard InChI is InChI=1S/C36H49N3O7/c1-5-7-18-28(41)37-24(4)31(25-14-10-8-11-15-25)45-35(44)29-27-19-20-36(46-27)30(29)33(42)39(23(3)22-40)32(36)34(43)38(21-6-2)26-16-12-9-13-17-26/h5-6,8,10-11,14-15,23-24,26-27,29-32,40H,1-2,7,9,12-13,16-22H2,3-4H3,(H,37,41)/t23-,24+,27+,29-,30-,31+,32+,36-/m1/s1. The number of nitrogens with zero attached hydrogens (tertiary/aromatic N) is 2. The van der Waals surface area contributed by atoms with E-state index in [0.29, 0.717) is 31.4 Å². The van der Waals surface area contributed by atoms with Gasteiger partial charge in [0.15, 0.2) is 0 Å². The molecule has 1 spiro atoms. The van der Waals surface area contributed by atoms with Gasteiger partial charge in [-0.25, -0.2) is 0 Å². The lowest BCUT2D eigenvalue weighted by Gasteiger charge is -2.41. The Labute approximate surface area is 272 Å². The van der Waals surface area contributed by atoms with E-state index in [2.05, 4.69) is 18.5 Å². The molecule has 3 amide bonds. The number of esters is 1. The number of hydrogen-bond donors (Lipinski definition) is 2. The Morgan fingerprint density at radius 2 is 1.85 bits per heavy atom. The number of aliphatic hydroxyl groups excluding tert-OH is 1. The largest absolute Gasteiger partial charge is 0.455 e. The molecular formula is C36H49N3O7. The van der Waals surface area contributed by atoms with Crippen molar-refractivity contribution in [2.75, 3.05) is 13.2 Å². The number of carbonyl (C=O) groups is 4. The lowest BCUT2D eigenvalue weighted by molar-refractivity contribution is -0.162. The Morgan fingerprint density at radius 1 is 1.13 bits per heavy atom. The van der Waals surface area contributed by atoms with Crippen molar-refractivity contribution in [3.8, 4) is 0 Å². The van der Waals surface area contributed by atoms with Crippen LogP contribution in [0.3, 0.4) is 0 Å². The van der Waals surface area contributed by atoms with Crippen molar-refractivity contribution in [3.05, 3.63) is 61.2 Å². The average molecular weight is 636 g/mol. The zero-order chi connectivity index (χ0) is 33.0. The van der Waals surface area contributed by atoms with E-state index < -0.39 is 53.7 Å². The summed E-state index contributed by atoms with van der Waals surface area (Å²) in [6, 6.07) is 7.06. The first kappa shape index (κ1) is 33.9. The van der Waals surface area contributed by atoms with Gasteiger partial charge in [0.25, 0.3) is 0 Å². The number of rotatable bonds is 14. The van der Waals surface area contributed by atoms with Gasteiger partial charge in [0.05, 0.1) is 36.6 Å². The second kappa shape index (κ2) is 14.5. The van der Waals surface area contributed by atoms with Gasteiger partial charge in [-0.2, -0.15) is 0 Å². The number of aliphatic hydroxyl groups is 1. The van der Waals surface area contributed by atoms with Crippen LogP contribution in [0.2, 0.25) is 0 Å². The number of ether oxygens (including phenoxy) is 2. The van der Waals surface area contributed by atoms with Gasteiger partial charge in [-0.1, -0.05) is 61.7 Å². The van der Waals surface area contributed by atoms with Crippen LogP contribution >= 0.6 is 0 Å². The molecule has 5 rings (SSSR count). The van der Waals surface area contributed by atoms with Gasteiger partial charge in [0, 0.05) is 19.0 Å². The molecule has 3 heterocycles. The molecule has 10 nitrogen and oxygen atoms in total. The Bertz CT molecular complexity index is 1300. The van der Waals surface area contributed by atoms with Crippen LogP contribution in [-0.4, -0.2) is 87.6 Å². The maximum Gasteiger partial charge on any atom is 0.313 e. The molecule has 1 aliphatic carbocycles. The van der Waals surface area contributed by atoms with Crippen LogP contribution in [0.25, 0.3) is 0 Å². The molecule has 2 bridgehead atoms. The minimum absolute atomic E-state index is 0.0326. The van der Waals surface area contributed by atoms with Crippen molar-refractivity contribution >= 4 is 23.7 Å². The highest BCUT2D eigenvalue weighted by molar-refractivity contribution is 5.98. The van der Waals surface area contributed by atoms with Gasteiger partial charge in [-0.3, -0.25) is 19.2 Å². The van der Waals surface area contributed by atoms with E-state index in [4.69, 9.17) is 9.47 Å². The van der Waals surface area contributed by atoms with Crippen LogP contribution in [0, 0.1) is 11.8 Å². The molecule has 1 aromatic rings. The zero-order valence-corrected chi connectivity index (χ0v) is 27.1. The number of likely N-dealkylation sites (tertiary alicyclic amines) is 1. The summed E-state index contributed by atoms with van der Waals surface area (Å²) in [5.74, 6) is -3.21. The number of hydrogen-bond acceptors (Lipinski definition) is 7. The quantitative estimate of drug-likeness (QED) is 0.235. The normalized spacial score (nSPS) is 29.0. The van der Waals surface area contributed by atoms with Crippen molar-refractivity contribution in [2.24, 2.45) is 11.8 Å². The first-order valence-electron chi connectivity index (χ1n) is 16.9.